The minimum Gasteiger partial charge on any atom is -0.508 e. The molecule has 2 rings (SSSR count). The summed E-state index contributed by atoms with van der Waals surface area (Å²) in [4.78, 5) is 25.0. The second-order valence-electron chi connectivity index (χ2n) is 5.82. The molecule has 2 unspecified atom stereocenters. The van der Waals surface area contributed by atoms with E-state index in [0.29, 0.717) is 5.56 Å². The molecule has 2 aromatic rings. The molecule has 0 spiro atoms. The van der Waals surface area contributed by atoms with E-state index in [-0.39, 0.29) is 12.4 Å². The van der Waals surface area contributed by atoms with Crippen molar-refractivity contribution in [2.45, 2.75) is 19.6 Å². The van der Waals surface area contributed by atoms with E-state index in [9.17, 15) is 14.7 Å². The van der Waals surface area contributed by atoms with Crippen molar-refractivity contribution in [3.8, 4) is 5.75 Å². The van der Waals surface area contributed by atoms with E-state index >= 15 is 0 Å². The number of esters is 2. The molecule has 6 heteroatoms. The first-order chi connectivity index (χ1) is 11.9. The molecule has 0 bridgehead atoms. The van der Waals surface area contributed by atoms with Crippen LogP contribution in [-0.2, 0) is 25.7 Å². The summed E-state index contributed by atoms with van der Waals surface area (Å²) in [7, 11) is 1.19. The highest BCUT2D eigenvalue weighted by molar-refractivity contribution is 6.00. The van der Waals surface area contributed by atoms with Crippen LogP contribution in [0.2, 0.25) is 0 Å². The van der Waals surface area contributed by atoms with Gasteiger partial charge in [0.1, 0.15) is 12.4 Å². The normalized spacial score (nSPS) is 14.2. The molecule has 0 aliphatic carbocycles. The molecule has 3 N–H and O–H groups in total. The van der Waals surface area contributed by atoms with Gasteiger partial charge in [-0.25, -0.2) is 0 Å². The number of nitrogens with two attached hydrogens (primary N) is 1. The zero-order valence-corrected chi connectivity index (χ0v) is 14.1. The van der Waals surface area contributed by atoms with Crippen molar-refractivity contribution in [2.75, 3.05) is 7.11 Å². The smallest absolute Gasteiger partial charge is 0.325 e. The first-order valence-electron chi connectivity index (χ1n) is 7.73. The Morgan fingerprint density at radius 3 is 2.24 bits per heavy atom. The van der Waals surface area contributed by atoms with Crippen LogP contribution in [-0.4, -0.2) is 24.2 Å². The zero-order chi connectivity index (χ0) is 18.4. The number of phenols is 1. The maximum atomic E-state index is 12.7. The number of carbonyl (C=O) groups excluding carboxylic acids is 2. The second kappa shape index (κ2) is 7.81. The Hall–Kier alpha value is -2.86. The highest BCUT2D eigenvalue weighted by Crippen LogP contribution is 2.35. The van der Waals surface area contributed by atoms with Crippen LogP contribution in [0.25, 0.3) is 0 Å². The quantitative estimate of drug-likeness (QED) is 0.617. The Morgan fingerprint density at radius 1 is 1.08 bits per heavy atom. The number of phenolic OH excluding ortho intramolecular Hbond substituents is 1. The monoisotopic (exact) mass is 343 g/mol. The Morgan fingerprint density at radius 2 is 1.68 bits per heavy atom. The number of ether oxygens (including phenoxy) is 2. The Bertz CT molecular complexity index is 729. The van der Waals surface area contributed by atoms with E-state index < -0.39 is 23.4 Å². The minimum atomic E-state index is -1.72. The molecule has 0 heterocycles. The van der Waals surface area contributed by atoms with Crippen LogP contribution >= 0.6 is 0 Å². The molecular formula is C19H21NO5. The van der Waals surface area contributed by atoms with Gasteiger partial charge in [-0.2, -0.15) is 0 Å². The second-order valence-corrected chi connectivity index (χ2v) is 5.82. The van der Waals surface area contributed by atoms with Gasteiger partial charge in [0.05, 0.1) is 13.2 Å². The van der Waals surface area contributed by atoms with Crippen LogP contribution in [0.1, 0.15) is 24.1 Å². The Balaban J connectivity index is 2.25. The standard InChI is InChI=1S/C19H21NO5/c1-19(17(22)24-2,16(20)14-8-10-15(21)11-9-14)18(23)25-12-13-6-4-3-5-7-13/h3-11,16,21H,12,20H2,1-2H3. The van der Waals surface area contributed by atoms with Crippen molar-refractivity contribution in [3.05, 3.63) is 65.7 Å². The largest absolute Gasteiger partial charge is 0.508 e. The van der Waals surface area contributed by atoms with E-state index in [0.717, 1.165) is 5.56 Å². The van der Waals surface area contributed by atoms with Crippen molar-refractivity contribution < 1.29 is 24.2 Å². The first kappa shape index (κ1) is 18.5. The highest BCUT2D eigenvalue weighted by Gasteiger charge is 2.50. The topological polar surface area (TPSA) is 98.9 Å². The number of aromatic hydroxyl groups is 1. The van der Waals surface area contributed by atoms with E-state index in [4.69, 9.17) is 15.2 Å². The Labute approximate surface area is 146 Å². The minimum absolute atomic E-state index is 0.0224. The van der Waals surface area contributed by atoms with Crippen molar-refractivity contribution in [1.29, 1.82) is 0 Å². The number of hydrogen-bond donors (Lipinski definition) is 2. The SMILES string of the molecule is COC(=O)C(C)(C(=O)OCc1ccccc1)C(N)c1ccc(O)cc1. The predicted octanol–water partition coefficient (Wildman–Crippen LogP) is 2.31. The van der Waals surface area contributed by atoms with E-state index in [1.807, 2.05) is 30.3 Å². The Kier molecular flexibility index (Phi) is 5.77. The third-order valence-electron chi connectivity index (χ3n) is 4.12. The van der Waals surface area contributed by atoms with Crippen LogP contribution in [0.15, 0.2) is 54.6 Å². The van der Waals surface area contributed by atoms with Gasteiger partial charge in [0.15, 0.2) is 5.41 Å². The first-order valence-corrected chi connectivity index (χ1v) is 7.73. The van der Waals surface area contributed by atoms with Gasteiger partial charge >= 0.3 is 11.9 Å². The van der Waals surface area contributed by atoms with Crippen molar-refractivity contribution in [2.24, 2.45) is 11.1 Å². The molecule has 6 nitrogen and oxygen atoms in total. The molecule has 25 heavy (non-hydrogen) atoms. The maximum absolute atomic E-state index is 12.7. The summed E-state index contributed by atoms with van der Waals surface area (Å²) >= 11 is 0. The fourth-order valence-corrected chi connectivity index (χ4v) is 2.44. The lowest BCUT2D eigenvalue weighted by atomic mass is 9.79. The van der Waals surface area contributed by atoms with Gasteiger partial charge in [-0.3, -0.25) is 9.59 Å². The van der Waals surface area contributed by atoms with Crippen molar-refractivity contribution >= 4 is 11.9 Å². The number of methoxy groups -OCH3 is 1. The molecule has 0 aromatic heterocycles. The molecule has 0 amide bonds. The van der Waals surface area contributed by atoms with Crippen LogP contribution in [0.4, 0.5) is 0 Å². The van der Waals surface area contributed by atoms with Crippen LogP contribution < -0.4 is 5.73 Å². The predicted molar refractivity (Wildman–Crippen MR) is 91.4 cm³/mol. The molecular weight excluding hydrogens is 322 g/mol. The average molecular weight is 343 g/mol. The molecule has 0 saturated heterocycles. The van der Waals surface area contributed by atoms with Gasteiger partial charge in [0, 0.05) is 0 Å². The van der Waals surface area contributed by atoms with Gasteiger partial charge in [0.2, 0.25) is 0 Å². The van der Waals surface area contributed by atoms with Crippen LogP contribution in [0, 0.1) is 5.41 Å². The number of benzene rings is 2. The fraction of sp³-hybridized carbons (Fsp3) is 0.263. The number of hydrogen-bond acceptors (Lipinski definition) is 6. The van der Waals surface area contributed by atoms with Crippen molar-refractivity contribution in [1.82, 2.24) is 0 Å². The third kappa shape index (κ3) is 3.97. The molecule has 132 valence electrons. The van der Waals surface area contributed by atoms with Gasteiger partial charge in [0.25, 0.3) is 0 Å². The fourth-order valence-electron chi connectivity index (χ4n) is 2.44. The lowest BCUT2D eigenvalue weighted by molar-refractivity contribution is -0.172. The summed E-state index contributed by atoms with van der Waals surface area (Å²) in [5, 5.41) is 9.39. The van der Waals surface area contributed by atoms with Gasteiger partial charge in [-0.05, 0) is 30.2 Å². The zero-order valence-electron chi connectivity index (χ0n) is 14.1. The molecule has 0 radical (unpaired) electrons. The summed E-state index contributed by atoms with van der Waals surface area (Å²) in [6.45, 7) is 1.41. The van der Waals surface area contributed by atoms with Crippen LogP contribution in [0.5, 0.6) is 5.75 Å². The highest BCUT2D eigenvalue weighted by atomic mass is 16.6. The van der Waals surface area contributed by atoms with E-state index in [1.54, 1.807) is 12.1 Å². The van der Waals surface area contributed by atoms with E-state index in [1.165, 1.54) is 26.2 Å². The van der Waals surface area contributed by atoms with Gasteiger partial charge < -0.3 is 20.3 Å². The summed E-state index contributed by atoms with van der Waals surface area (Å²) in [5.74, 6) is -1.50. The molecule has 0 aliphatic heterocycles. The lowest BCUT2D eigenvalue weighted by Crippen LogP contribution is -2.47. The number of rotatable bonds is 6. The molecule has 2 aromatic carbocycles. The molecule has 0 aliphatic rings. The summed E-state index contributed by atoms with van der Waals surface area (Å²) in [6, 6.07) is 14.1. The molecule has 0 saturated carbocycles. The average Bonchev–Trinajstić information content (AvgIpc) is 2.65. The maximum Gasteiger partial charge on any atom is 0.325 e. The number of carbonyl (C=O) groups is 2. The summed E-state index contributed by atoms with van der Waals surface area (Å²) in [5.41, 5.74) is 5.76. The lowest BCUT2D eigenvalue weighted by Gasteiger charge is -2.30. The van der Waals surface area contributed by atoms with Crippen LogP contribution in [0.3, 0.4) is 0 Å². The van der Waals surface area contributed by atoms with Gasteiger partial charge in [-0.1, -0.05) is 42.5 Å². The summed E-state index contributed by atoms with van der Waals surface area (Å²) < 4.78 is 10.1. The van der Waals surface area contributed by atoms with Crippen molar-refractivity contribution in [3.63, 3.8) is 0 Å². The van der Waals surface area contributed by atoms with E-state index in [2.05, 4.69) is 0 Å². The molecule has 0 fully saturated rings. The van der Waals surface area contributed by atoms with Gasteiger partial charge in [-0.15, -0.1) is 0 Å². The third-order valence-corrected chi connectivity index (χ3v) is 4.12. The summed E-state index contributed by atoms with van der Waals surface area (Å²) in [6.07, 6.45) is 0. The molecule has 2 atom stereocenters.